The van der Waals surface area contributed by atoms with E-state index in [0.29, 0.717) is 0 Å². The van der Waals surface area contributed by atoms with E-state index in [1.165, 1.54) is 65.3 Å². The molecule has 1 aromatic heterocycles. The topological polar surface area (TPSA) is 16.4 Å². The number of hydrogen-bond donors (Lipinski definition) is 0. The maximum Gasteiger partial charge on any atom is 0.137 e. The first-order chi connectivity index (χ1) is 26.8. The normalized spacial score (nSPS) is 11.7. The number of furan rings is 1. The predicted octanol–water partition coefficient (Wildman–Crippen LogP) is 15.0. The Hall–Kier alpha value is -7.16. The molecule has 0 aliphatic carbocycles. The van der Waals surface area contributed by atoms with Crippen molar-refractivity contribution in [1.82, 2.24) is 0 Å². The summed E-state index contributed by atoms with van der Waals surface area (Å²) >= 11 is 0. The number of rotatable bonds is 5. The summed E-state index contributed by atoms with van der Waals surface area (Å²) in [5.74, 6) is 0. The molecule has 0 saturated heterocycles. The summed E-state index contributed by atoms with van der Waals surface area (Å²) in [4.78, 5) is 2.36. The summed E-state index contributed by atoms with van der Waals surface area (Å²) in [7, 11) is 0. The van der Waals surface area contributed by atoms with E-state index in [4.69, 9.17) is 4.42 Å². The number of hydrogen-bond acceptors (Lipinski definition) is 2. The lowest BCUT2D eigenvalue weighted by atomic mass is 9.95. The van der Waals surface area contributed by atoms with Gasteiger partial charge in [-0.3, -0.25) is 0 Å². The van der Waals surface area contributed by atoms with Crippen LogP contribution in [0.3, 0.4) is 0 Å². The van der Waals surface area contributed by atoms with Crippen LogP contribution < -0.4 is 4.90 Å². The Kier molecular flexibility index (Phi) is 6.90. The van der Waals surface area contributed by atoms with Crippen LogP contribution in [0.25, 0.3) is 87.3 Å². The summed E-state index contributed by atoms with van der Waals surface area (Å²) in [5, 5.41) is 12.4. The quantitative estimate of drug-likeness (QED) is 0.168. The summed E-state index contributed by atoms with van der Waals surface area (Å²) in [6, 6.07) is 72.3. The van der Waals surface area contributed by atoms with E-state index in [1.54, 1.807) is 0 Å². The van der Waals surface area contributed by atoms with Crippen LogP contribution in [-0.2, 0) is 0 Å². The summed E-state index contributed by atoms with van der Waals surface area (Å²) in [5.41, 5.74) is 9.79. The van der Waals surface area contributed by atoms with Gasteiger partial charge < -0.3 is 9.32 Å². The number of fused-ring (bicyclic) bond motifs is 9. The second-order valence-electron chi connectivity index (χ2n) is 14.1. The van der Waals surface area contributed by atoms with Crippen LogP contribution in [0.2, 0.25) is 0 Å². The molecule has 0 radical (unpaired) electrons. The van der Waals surface area contributed by atoms with Crippen molar-refractivity contribution in [3.8, 4) is 22.3 Å². The van der Waals surface area contributed by atoms with E-state index in [1.807, 2.05) is 12.1 Å². The molecular formula is C52H33NO. The zero-order valence-corrected chi connectivity index (χ0v) is 29.4. The maximum absolute atomic E-state index is 6.37. The van der Waals surface area contributed by atoms with Gasteiger partial charge in [0.05, 0.1) is 11.1 Å². The minimum Gasteiger partial charge on any atom is -0.456 e. The molecule has 0 atom stereocenters. The van der Waals surface area contributed by atoms with Crippen molar-refractivity contribution in [2.45, 2.75) is 0 Å². The van der Waals surface area contributed by atoms with E-state index >= 15 is 0 Å². The Morgan fingerprint density at radius 1 is 0.315 bits per heavy atom. The van der Waals surface area contributed by atoms with Crippen molar-refractivity contribution in [3.63, 3.8) is 0 Å². The van der Waals surface area contributed by atoms with Crippen LogP contribution in [-0.4, -0.2) is 0 Å². The lowest BCUT2D eigenvalue weighted by Gasteiger charge is -2.26. The van der Waals surface area contributed by atoms with Crippen LogP contribution >= 0.6 is 0 Å². The van der Waals surface area contributed by atoms with Gasteiger partial charge in [0.1, 0.15) is 11.2 Å². The molecule has 0 fully saturated rings. The average molecular weight is 688 g/mol. The van der Waals surface area contributed by atoms with E-state index in [0.717, 1.165) is 39.0 Å². The number of anilines is 3. The highest BCUT2D eigenvalue weighted by atomic mass is 16.3. The molecule has 252 valence electrons. The van der Waals surface area contributed by atoms with Gasteiger partial charge in [-0.2, -0.15) is 0 Å². The minimum absolute atomic E-state index is 0.874. The fraction of sp³-hybridized carbons (Fsp3) is 0. The van der Waals surface area contributed by atoms with Crippen molar-refractivity contribution in [1.29, 1.82) is 0 Å². The fourth-order valence-electron chi connectivity index (χ4n) is 8.45. The molecule has 0 spiro atoms. The highest BCUT2D eigenvalue weighted by molar-refractivity contribution is 6.18. The molecule has 0 amide bonds. The molecule has 11 aromatic rings. The molecule has 1 heterocycles. The highest BCUT2D eigenvalue weighted by Crippen LogP contribution is 2.44. The SMILES string of the molecule is c1ccc2c(-c3ccc(N(c4ccc(-c5ccc6c(ccc7c8ccccc8ccc67)c5)cc4)c4cccc5oc6ccccc6c45)cc3)cccc2c1. The molecule has 0 bridgehead atoms. The Balaban J connectivity index is 1.02. The Morgan fingerprint density at radius 2 is 0.852 bits per heavy atom. The highest BCUT2D eigenvalue weighted by Gasteiger charge is 2.20. The van der Waals surface area contributed by atoms with E-state index in [-0.39, 0.29) is 0 Å². The fourth-order valence-corrected chi connectivity index (χ4v) is 8.45. The number of nitrogens with zero attached hydrogens (tertiary/aromatic N) is 1. The minimum atomic E-state index is 0.874. The van der Waals surface area contributed by atoms with Gasteiger partial charge in [-0.15, -0.1) is 0 Å². The predicted molar refractivity (Wildman–Crippen MR) is 229 cm³/mol. The monoisotopic (exact) mass is 687 g/mol. The molecule has 10 aromatic carbocycles. The van der Waals surface area contributed by atoms with Crippen LogP contribution in [0.1, 0.15) is 0 Å². The maximum atomic E-state index is 6.37. The Morgan fingerprint density at radius 3 is 1.63 bits per heavy atom. The van der Waals surface area contributed by atoms with Crippen molar-refractivity contribution < 1.29 is 4.42 Å². The molecule has 54 heavy (non-hydrogen) atoms. The summed E-state index contributed by atoms with van der Waals surface area (Å²) < 4.78 is 6.37. The van der Waals surface area contributed by atoms with E-state index in [2.05, 4.69) is 193 Å². The van der Waals surface area contributed by atoms with Crippen molar-refractivity contribution in [3.05, 3.63) is 200 Å². The zero-order valence-electron chi connectivity index (χ0n) is 29.4. The number of benzene rings is 10. The third kappa shape index (κ3) is 4.88. The van der Waals surface area contributed by atoms with Gasteiger partial charge >= 0.3 is 0 Å². The van der Waals surface area contributed by atoms with Gasteiger partial charge in [-0.05, 0) is 114 Å². The van der Waals surface area contributed by atoms with E-state index < -0.39 is 0 Å². The largest absolute Gasteiger partial charge is 0.456 e. The van der Waals surface area contributed by atoms with Crippen molar-refractivity contribution in [2.75, 3.05) is 4.90 Å². The van der Waals surface area contributed by atoms with Crippen molar-refractivity contribution in [2.24, 2.45) is 0 Å². The molecular weight excluding hydrogens is 655 g/mol. The van der Waals surface area contributed by atoms with E-state index in [9.17, 15) is 0 Å². The van der Waals surface area contributed by atoms with Crippen LogP contribution in [0.5, 0.6) is 0 Å². The number of para-hydroxylation sites is 1. The average Bonchev–Trinajstić information content (AvgIpc) is 3.63. The Labute approximate surface area is 312 Å². The van der Waals surface area contributed by atoms with Gasteiger partial charge in [0.2, 0.25) is 0 Å². The van der Waals surface area contributed by atoms with Crippen LogP contribution in [0.4, 0.5) is 17.1 Å². The second kappa shape index (κ2) is 12.2. The first-order valence-corrected chi connectivity index (χ1v) is 18.5. The Bertz CT molecular complexity index is 3200. The standard InChI is InChI=1S/C52H33NO/c1-3-12-42-35(9-1)11-7-15-43(42)37-21-28-41(29-22-37)53(49-16-8-18-51-52(49)48-14-5-6-17-50(48)54-51)40-26-19-34(20-27-40)38-24-30-45-39(33-38)25-32-46-44-13-4-2-10-36(44)23-31-47(45)46/h1-33H. The molecule has 0 saturated carbocycles. The van der Waals surface area contributed by atoms with Gasteiger partial charge in [-0.1, -0.05) is 152 Å². The lowest BCUT2D eigenvalue weighted by Crippen LogP contribution is -2.10. The first kappa shape index (κ1) is 30.5. The van der Waals surface area contributed by atoms with Crippen LogP contribution in [0, 0.1) is 0 Å². The van der Waals surface area contributed by atoms with Gasteiger partial charge in [-0.25, -0.2) is 0 Å². The molecule has 0 aliphatic heterocycles. The van der Waals surface area contributed by atoms with Crippen molar-refractivity contribution >= 4 is 82.1 Å². The molecule has 2 nitrogen and oxygen atoms in total. The third-order valence-corrected chi connectivity index (χ3v) is 11.0. The zero-order chi connectivity index (χ0) is 35.6. The lowest BCUT2D eigenvalue weighted by molar-refractivity contribution is 0.669. The van der Waals surface area contributed by atoms with Gasteiger partial charge in [0.15, 0.2) is 0 Å². The first-order valence-electron chi connectivity index (χ1n) is 18.5. The molecule has 0 N–H and O–H groups in total. The van der Waals surface area contributed by atoms with Crippen LogP contribution in [0.15, 0.2) is 205 Å². The smallest absolute Gasteiger partial charge is 0.137 e. The molecule has 11 rings (SSSR count). The van der Waals surface area contributed by atoms with Gasteiger partial charge in [0.25, 0.3) is 0 Å². The summed E-state index contributed by atoms with van der Waals surface area (Å²) in [6.45, 7) is 0. The molecule has 0 unspecified atom stereocenters. The second-order valence-corrected chi connectivity index (χ2v) is 14.1. The third-order valence-electron chi connectivity index (χ3n) is 11.0. The van der Waals surface area contributed by atoms with Gasteiger partial charge in [0, 0.05) is 16.8 Å². The molecule has 2 heteroatoms. The molecule has 0 aliphatic rings. The summed E-state index contributed by atoms with van der Waals surface area (Å²) in [6.07, 6.45) is 0.